The van der Waals surface area contributed by atoms with Crippen LogP contribution in [0.4, 0.5) is 5.00 Å². The van der Waals surface area contributed by atoms with E-state index in [2.05, 4.69) is 12.2 Å². The minimum absolute atomic E-state index is 0.281. The third-order valence-corrected chi connectivity index (χ3v) is 5.68. The highest BCUT2D eigenvalue weighted by Gasteiger charge is 2.18. The molecule has 0 unspecified atom stereocenters. The number of rotatable bonds is 12. The molecule has 0 aliphatic carbocycles. The summed E-state index contributed by atoms with van der Waals surface area (Å²) in [6.45, 7) is 6.82. The van der Waals surface area contributed by atoms with Crippen LogP contribution in [0.15, 0.2) is 30.3 Å². The normalized spacial score (nSPS) is 10.8. The van der Waals surface area contributed by atoms with Gasteiger partial charge in [0.15, 0.2) is 11.5 Å². The summed E-state index contributed by atoms with van der Waals surface area (Å²) in [5, 5.41) is 3.29. The minimum Gasteiger partial charge on any atom is -0.493 e. The lowest BCUT2D eigenvalue weighted by Gasteiger charge is -2.11. The van der Waals surface area contributed by atoms with E-state index in [1.54, 1.807) is 26.2 Å². The Hall–Kier alpha value is -2.80. The van der Waals surface area contributed by atoms with E-state index in [1.165, 1.54) is 17.4 Å². The van der Waals surface area contributed by atoms with Crippen molar-refractivity contribution in [1.82, 2.24) is 0 Å². The van der Waals surface area contributed by atoms with Gasteiger partial charge in [-0.1, -0.05) is 32.8 Å². The van der Waals surface area contributed by atoms with Crippen LogP contribution in [-0.2, 0) is 16.0 Å². The van der Waals surface area contributed by atoms with E-state index in [9.17, 15) is 9.59 Å². The monoisotopic (exact) mass is 445 g/mol. The number of amides is 1. The van der Waals surface area contributed by atoms with Gasteiger partial charge in [-0.25, -0.2) is 4.79 Å². The second kappa shape index (κ2) is 12.8. The van der Waals surface area contributed by atoms with Gasteiger partial charge < -0.3 is 19.5 Å². The van der Waals surface area contributed by atoms with Gasteiger partial charge in [0.25, 0.3) is 0 Å². The molecule has 0 aliphatic heterocycles. The maximum absolute atomic E-state index is 12.4. The molecule has 31 heavy (non-hydrogen) atoms. The number of carbonyl (C=O) groups excluding carboxylic acids is 2. The maximum Gasteiger partial charge on any atom is 0.341 e. The molecule has 1 aromatic carbocycles. The van der Waals surface area contributed by atoms with Gasteiger partial charge in [0.1, 0.15) is 5.00 Å². The van der Waals surface area contributed by atoms with Crippen LogP contribution in [-0.4, -0.2) is 32.2 Å². The van der Waals surface area contributed by atoms with Crippen LogP contribution in [0.2, 0.25) is 0 Å². The van der Waals surface area contributed by atoms with Gasteiger partial charge in [0.05, 0.1) is 25.9 Å². The number of benzene rings is 1. The van der Waals surface area contributed by atoms with Crippen LogP contribution in [0.5, 0.6) is 11.5 Å². The van der Waals surface area contributed by atoms with Crippen LogP contribution in [0.1, 0.15) is 60.8 Å². The second-order valence-corrected chi connectivity index (χ2v) is 7.95. The number of hydrogen-bond acceptors (Lipinski definition) is 6. The summed E-state index contributed by atoms with van der Waals surface area (Å²) < 4.78 is 16.3. The summed E-state index contributed by atoms with van der Waals surface area (Å²) in [6, 6.07) is 7.30. The molecule has 7 heteroatoms. The predicted octanol–water partition coefficient (Wildman–Crippen LogP) is 5.72. The van der Waals surface area contributed by atoms with E-state index >= 15 is 0 Å². The number of anilines is 1. The smallest absolute Gasteiger partial charge is 0.341 e. The molecule has 0 atom stereocenters. The van der Waals surface area contributed by atoms with Crippen LogP contribution >= 0.6 is 11.3 Å². The van der Waals surface area contributed by atoms with Crippen molar-refractivity contribution in [3.05, 3.63) is 46.3 Å². The molecule has 0 radical (unpaired) electrons. The highest BCUT2D eigenvalue weighted by atomic mass is 32.1. The number of nitrogens with one attached hydrogen (secondary N) is 1. The highest BCUT2D eigenvalue weighted by molar-refractivity contribution is 7.16. The molecule has 6 nitrogen and oxygen atoms in total. The van der Waals surface area contributed by atoms with Crippen molar-refractivity contribution in [2.24, 2.45) is 0 Å². The average Bonchev–Trinajstić information content (AvgIpc) is 3.18. The average molecular weight is 446 g/mol. The first-order valence-electron chi connectivity index (χ1n) is 10.6. The van der Waals surface area contributed by atoms with E-state index in [-0.39, 0.29) is 12.5 Å². The van der Waals surface area contributed by atoms with Gasteiger partial charge >= 0.3 is 5.97 Å². The van der Waals surface area contributed by atoms with Gasteiger partial charge in [0.2, 0.25) is 5.91 Å². The SMILES string of the molecule is CCCCCOc1ccc(/C=C/C(=O)Nc2sc(CC)cc2C(=O)OCC)cc1OC. The fraction of sp³-hybridized carbons (Fsp3) is 0.417. The summed E-state index contributed by atoms with van der Waals surface area (Å²) in [5.74, 6) is 0.547. The van der Waals surface area contributed by atoms with Gasteiger partial charge in [-0.2, -0.15) is 0 Å². The number of carbonyl (C=O) groups is 2. The van der Waals surface area contributed by atoms with Crippen molar-refractivity contribution < 1.29 is 23.8 Å². The van der Waals surface area contributed by atoms with Crippen LogP contribution in [0.3, 0.4) is 0 Å². The Kier molecular flexibility index (Phi) is 10.1. The third kappa shape index (κ3) is 7.43. The molecule has 1 N–H and O–H groups in total. The summed E-state index contributed by atoms with van der Waals surface area (Å²) in [6.07, 6.45) is 7.15. The molecular formula is C24H31NO5S. The quantitative estimate of drug-likeness (QED) is 0.257. The number of esters is 1. The van der Waals surface area contributed by atoms with Gasteiger partial charge in [-0.15, -0.1) is 11.3 Å². The maximum atomic E-state index is 12.4. The lowest BCUT2D eigenvalue weighted by Crippen LogP contribution is -2.11. The van der Waals surface area contributed by atoms with Gasteiger partial charge in [0, 0.05) is 11.0 Å². The molecular weight excluding hydrogens is 414 g/mol. The Morgan fingerprint density at radius 3 is 2.58 bits per heavy atom. The molecule has 0 bridgehead atoms. The fourth-order valence-electron chi connectivity index (χ4n) is 2.84. The molecule has 168 valence electrons. The first-order valence-corrected chi connectivity index (χ1v) is 11.4. The van der Waals surface area contributed by atoms with E-state index in [4.69, 9.17) is 14.2 Å². The Bertz CT molecular complexity index is 903. The summed E-state index contributed by atoms with van der Waals surface area (Å²) in [5.41, 5.74) is 1.19. The van der Waals surface area contributed by atoms with Crippen molar-refractivity contribution in [3.8, 4) is 11.5 Å². The molecule has 2 aromatic rings. The van der Waals surface area contributed by atoms with Gasteiger partial charge in [-0.05, 0) is 49.6 Å². The molecule has 0 aliphatic rings. The summed E-state index contributed by atoms with van der Waals surface area (Å²) >= 11 is 1.38. The molecule has 1 aromatic heterocycles. The lowest BCUT2D eigenvalue weighted by molar-refractivity contribution is -0.111. The molecule has 0 spiro atoms. The van der Waals surface area contributed by atoms with E-state index in [1.807, 2.05) is 25.1 Å². The zero-order valence-corrected chi connectivity index (χ0v) is 19.5. The van der Waals surface area contributed by atoms with Gasteiger partial charge in [-0.3, -0.25) is 4.79 Å². The number of hydrogen-bond donors (Lipinski definition) is 1. The molecule has 0 saturated heterocycles. The Balaban J connectivity index is 2.06. The van der Waals surface area contributed by atoms with E-state index < -0.39 is 5.97 Å². The van der Waals surface area contributed by atoms with Crippen molar-refractivity contribution in [2.75, 3.05) is 25.6 Å². The first kappa shape index (κ1) is 24.5. The minimum atomic E-state index is -0.433. The Morgan fingerprint density at radius 1 is 1.10 bits per heavy atom. The van der Waals surface area contributed by atoms with Crippen LogP contribution in [0, 0.1) is 0 Å². The molecule has 0 fully saturated rings. The number of ether oxygens (including phenoxy) is 3. The van der Waals surface area contributed by atoms with Crippen LogP contribution in [0.25, 0.3) is 6.08 Å². The Labute approximate surface area is 188 Å². The van der Waals surface area contributed by atoms with Crippen molar-refractivity contribution >= 4 is 34.3 Å². The van der Waals surface area contributed by atoms with E-state index in [0.717, 1.165) is 36.1 Å². The number of methoxy groups -OCH3 is 1. The van der Waals surface area contributed by atoms with Crippen molar-refractivity contribution in [3.63, 3.8) is 0 Å². The Morgan fingerprint density at radius 2 is 1.90 bits per heavy atom. The largest absolute Gasteiger partial charge is 0.493 e. The van der Waals surface area contributed by atoms with Crippen molar-refractivity contribution in [1.29, 1.82) is 0 Å². The summed E-state index contributed by atoms with van der Waals surface area (Å²) in [7, 11) is 1.59. The van der Waals surface area contributed by atoms with E-state index in [0.29, 0.717) is 28.7 Å². The molecule has 0 saturated carbocycles. The zero-order chi connectivity index (χ0) is 22.6. The number of thiophene rings is 1. The highest BCUT2D eigenvalue weighted by Crippen LogP contribution is 2.30. The predicted molar refractivity (Wildman–Crippen MR) is 125 cm³/mol. The lowest BCUT2D eigenvalue weighted by atomic mass is 10.2. The fourth-order valence-corrected chi connectivity index (χ4v) is 3.82. The topological polar surface area (TPSA) is 73.9 Å². The molecule has 1 heterocycles. The molecule has 1 amide bonds. The number of unbranched alkanes of at least 4 members (excludes halogenated alkanes) is 2. The standard InChI is InChI=1S/C24H31NO5S/c1-5-8-9-14-30-20-12-10-17(15-21(20)28-4)11-13-22(26)25-23-19(24(27)29-7-3)16-18(6-2)31-23/h10-13,15-16H,5-9,14H2,1-4H3,(H,25,26)/b13-11+. The summed E-state index contributed by atoms with van der Waals surface area (Å²) in [4.78, 5) is 25.6. The zero-order valence-electron chi connectivity index (χ0n) is 18.7. The van der Waals surface area contributed by atoms with Crippen LogP contribution < -0.4 is 14.8 Å². The second-order valence-electron chi connectivity index (χ2n) is 6.82. The first-order chi connectivity index (χ1) is 15.0. The van der Waals surface area contributed by atoms with Crippen molar-refractivity contribution in [2.45, 2.75) is 46.5 Å². The molecule has 2 rings (SSSR count). The third-order valence-electron chi connectivity index (χ3n) is 4.48. The number of aryl methyl sites for hydroxylation is 1.